The highest BCUT2D eigenvalue weighted by Crippen LogP contribution is 2.23. The monoisotopic (exact) mass is 296 g/mol. The van der Waals surface area contributed by atoms with Crippen molar-refractivity contribution in [2.24, 2.45) is 0 Å². The Balaban J connectivity index is 2.11. The number of carbonyl (C=O) groups excluding carboxylic acids is 1. The van der Waals surface area contributed by atoms with E-state index in [-0.39, 0.29) is 5.78 Å². The average Bonchev–Trinajstić information content (AvgIpc) is 2.65. The lowest BCUT2D eigenvalue weighted by molar-refractivity contribution is 0.0988. The molecule has 0 saturated carbocycles. The predicted molar refractivity (Wildman–Crippen MR) is 66.8 cm³/mol. The molecular formula is C11H9BrN2OS. The van der Waals surface area contributed by atoms with E-state index in [9.17, 15) is 4.79 Å². The third kappa shape index (κ3) is 2.74. The summed E-state index contributed by atoms with van der Waals surface area (Å²) in [6.45, 7) is 1.84. The molecule has 0 bridgehead atoms. The summed E-state index contributed by atoms with van der Waals surface area (Å²) in [5, 5.41) is 0. The van der Waals surface area contributed by atoms with Crippen LogP contribution in [-0.2, 0) is 6.42 Å². The summed E-state index contributed by atoms with van der Waals surface area (Å²) in [6.07, 6.45) is 3.52. The summed E-state index contributed by atoms with van der Waals surface area (Å²) < 4.78 is 1.03. The van der Waals surface area contributed by atoms with Gasteiger partial charge in [0.15, 0.2) is 5.78 Å². The van der Waals surface area contributed by atoms with Gasteiger partial charge in [-0.1, -0.05) is 0 Å². The van der Waals surface area contributed by atoms with Crippen LogP contribution in [0.15, 0.2) is 28.3 Å². The molecular weight excluding hydrogens is 288 g/mol. The fourth-order valence-corrected chi connectivity index (χ4v) is 2.71. The van der Waals surface area contributed by atoms with Crippen LogP contribution in [0.4, 0.5) is 0 Å². The molecule has 3 nitrogen and oxygen atoms in total. The van der Waals surface area contributed by atoms with Gasteiger partial charge in [-0.2, -0.15) is 0 Å². The van der Waals surface area contributed by atoms with Gasteiger partial charge < -0.3 is 0 Å². The Labute approximate surface area is 106 Å². The topological polar surface area (TPSA) is 42.9 Å². The molecule has 0 amide bonds. The fraction of sp³-hybridized carbons (Fsp3) is 0.182. The van der Waals surface area contributed by atoms with Gasteiger partial charge in [-0.25, -0.2) is 4.98 Å². The second-order valence-electron chi connectivity index (χ2n) is 3.35. The van der Waals surface area contributed by atoms with E-state index in [1.807, 2.05) is 19.1 Å². The Hall–Kier alpha value is -1.07. The summed E-state index contributed by atoms with van der Waals surface area (Å²) in [7, 11) is 0. The molecule has 2 heterocycles. The van der Waals surface area contributed by atoms with E-state index in [1.165, 1.54) is 6.20 Å². The lowest BCUT2D eigenvalue weighted by atomic mass is 10.2. The quantitative estimate of drug-likeness (QED) is 0.818. The third-order valence-electron chi connectivity index (χ3n) is 2.03. The molecule has 0 fully saturated rings. The first-order chi connectivity index (χ1) is 7.65. The zero-order valence-electron chi connectivity index (χ0n) is 8.61. The molecule has 2 rings (SSSR count). The molecule has 0 aliphatic heterocycles. The maximum Gasteiger partial charge on any atom is 0.187 e. The number of halogens is 1. The number of nitrogens with zero attached hydrogens (tertiary/aromatic N) is 2. The molecule has 0 aliphatic rings. The standard InChI is InChI=1S/C11H9BrN2OS/c1-7-5-14-9(6-13-7)10(15)4-8-2-3-11(12)16-8/h2-3,5-6H,4H2,1H3. The zero-order valence-corrected chi connectivity index (χ0v) is 11.0. The minimum Gasteiger partial charge on any atom is -0.292 e. The van der Waals surface area contributed by atoms with E-state index in [4.69, 9.17) is 0 Å². The number of aromatic nitrogens is 2. The Bertz CT molecular complexity index is 507. The summed E-state index contributed by atoms with van der Waals surface area (Å²) in [5.41, 5.74) is 1.24. The number of ketones is 1. The highest BCUT2D eigenvalue weighted by molar-refractivity contribution is 9.11. The maximum atomic E-state index is 11.8. The first-order valence-corrected chi connectivity index (χ1v) is 6.32. The fourth-order valence-electron chi connectivity index (χ4n) is 1.23. The van der Waals surface area contributed by atoms with E-state index < -0.39 is 0 Å². The van der Waals surface area contributed by atoms with Crippen molar-refractivity contribution < 1.29 is 4.79 Å². The van der Waals surface area contributed by atoms with Crippen LogP contribution in [0.25, 0.3) is 0 Å². The molecule has 2 aromatic heterocycles. The van der Waals surface area contributed by atoms with Crippen molar-refractivity contribution in [3.05, 3.63) is 44.6 Å². The first-order valence-electron chi connectivity index (χ1n) is 4.71. The highest BCUT2D eigenvalue weighted by Gasteiger charge is 2.10. The Morgan fingerprint density at radius 1 is 1.38 bits per heavy atom. The van der Waals surface area contributed by atoms with Gasteiger partial charge in [0.05, 0.1) is 15.7 Å². The van der Waals surface area contributed by atoms with Crippen molar-refractivity contribution in [1.29, 1.82) is 0 Å². The summed E-state index contributed by atoms with van der Waals surface area (Å²) in [4.78, 5) is 21.0. The van der Waals surface area contributed by atoms with Crippen molar-refractivity contribution >= 4 is 33.0 Å². The molecule has 2 aromatic rings. The normalized spacial score (nSPS) is 10.4. The lowest BCUT2D eigenvalue weighted by Gasteiger charge is -1.98. The van der Waals surface area contributed by atoms with Crippen LogP contribution in [0.5, 0.6) is 0 Å². The van der Waals surface area contributed by atoms with E-state index in [2.05, 4.69) is 25.9 Å². The maximum absolute atomic E-state index is 11.8. The van der Waals surface area contributed by atoms with Crippen molar-refractivity contribution in [3.63, 3.8) is 0 Å². The van der Waals surface area contributed by atoms with E-state index >= 15 is 0 Å². The van der Waals surface area contributed by atoms with Crippen LogP contribution in [0.3, 0.4) is 0 Å². The minimum atomic E-state index is 0.00171. The summed E-state index contributed by atoms with van der Waals surface area (Å²) >= 11 is 4.93. The molecule has 0 saturated heterocycles. The first kappa shape index (κ1) is 11.4. The van der Waals surface area contributed by atoms with Crippen LogP contribution in [0.2, 0.25) is 0 Å². The molecule has 0 aromatic carbocycles. The molecule has 0 radical (unpaired) electrons. The van der Waals surface area contributed by atoms with Crippen molar-refractivity contribution in [2.75, 3.05) is 0 Å². The van der Waals surface area contributed by atoms with Gasteiger partial charge in [0, 0.05) is 17.5 Å². The second kappa shape index (κ2) is 4.84. The molecule has 5 heteroatoms. The van der Waals surface area contributed by atoms with Crippen LogP contribution in [-0.4, -0.2) is 15.8 Å². The molecule has 82 valence electrons. The van der Waals surface area contributed by atoms with Gasteiger partial charge in [-0.05, 0) is 35.0 Å². The van der Waals surface area contributed by atoms with E-state index in [1.54, 1.807) is 17.5 Å². The largest absolute Gasteiger partial charge is 0.292 e. The number of carbonyl (C=O) groups is 1. The Kier molecular flexibility index (Phi) is 3.46. The molecule has 0 unspecified atom stereocenters. The second-order valence-corrected chi connectivity index (χ2v) is 5.90. The Morgan fingerprint density at radius 3 is 2.75 bits per heavy atom. The van der Waals surface area contributed by atoms with Gasteiger partial charge in [-0.3, -0.25) is 9.78 Å². The number of Topliss-reactive ketones (excluding diaryl/α,β-unsaturated/α-hetero) is 1. The van der Waals surface area contributed by atoms with Crippen molar-refractivity contribution in [1.82, 2.24) is 9.97 Å². The van der Waals surface area contributed by atoms with Gasteiger partial charge in [0.25, 0.3) is 0 Å². The average molecular weight is 297 g/mol. The van der Waals surface area contributed by atoms with Crippen LogP contribution in [0, 0.1) is 6.92 Å². The van der Waals surface area contributed by atoms with E-state index in [0.29, 0.717) is 12.1 Å². The van der Waals surface area contributed by atoms with Crippen LogP contribution >= 0.6 is 27.3 Å². The van der Waals surface area contributed by atoms with Gasteiger partial charge in [0.1, 0.15) is 5.69 Å². The predicted octanol–water partition coefficient (Wildman–Crippen LogP) is 3.03. The molecule has 0 atom stereocenters. The Morgan fingerprint density at radius 2 is 2.19 bits per heavy atom. The van der Waals surface area contributed by atoms with Crippen molar-refractivity contribution in [3.8, 4) is 0 Å². The SMILES string of the molecule is Cc1cnc(C(=O)Cc2ccc(Br)s2)cn1. The summed E-state index contributed by atoms with van der Waals surface area (Å²) in [5.74, 6) is 0.00171. The lowest BCUT2D eigenvalue weighted by Crippen LogP contribution is -2.05. The highest BCUT2D eigenvalue weighted by atomic mass is 79.9. The number of hydrogen-bond acceptors (Lipinski definition) is 4. The van der Waals surface area contributed by atoms with Crippen molar-refractivity contribution in [2.45, 2.75) is 13.3 Å². The molecule has 0 aliphatic carbocycles. The number of aryl methyl sites for hydroxylation is 1. The van der Waals surface area contributed by atoms with Gasteiger partial charge in [-0.15, -0.1) is 11.3 Å². The third-order valence-corrected chi connectivity index (χ3v) is 3.65. The van der Waals surface area contributed by atoms with Crippen LogP contribution < -0.4 is 0 Å². The number of rotatable bonds is 3. The minimum absolute atomic E-state index is 0.00171. The molecule has 16 heavy (non-hydrogen) atoms. The number of hydrogen-bond donors (Lipinski definition) is 0. The smallest absolute Gasteiger partial charge is 0.187 e. The number of thiophene rings is 1. The molecule has 0 N–H and O–H groups in total. The van der Waals surface area contributed by atoms with Gasteiger partial charge in [0.2, 0.25) is 0 Å². The van der Waals surface area contributed by atoms with Gasteiger partial charge >= 0.3 is 0 Å². The summed E-state index contributed by atoms with van der Waals surface area (Å²) in [6, 6.07) is 3.88. The van der Waals surface area contributed by atoms with Crippen LogP contribution in [0.1, 0.15) is 21.1 Å². The van der Waals surface area contributed by atoms with E-state index in [0.717, 1.165) is 14.4 Å². The zero-order chi connectivity index (χ0) is 11.5. The molecule has 0 spiro atoms.